The van der Waals surface area contributed by atoms with Crippen LogP contribution in [-0.4, -0.2) is 103 Å². The van der Waals surface area contributed by atoms with Crippen LogP contribution in [0.25, 0.3) is 0 Å². The van der Waals surface area contributed by atoms with Crippen molar-refractivity contribution in [2.75, 3.05) is 27.4 Å². The van der Waals surface area contributed by atoms with Crippen molar-refractivity contribution in [1.82, 2.24) is 5.32 Å². The van der Waals surface area contributed by atoms with Gasteiger partial charge in [-0.3, -0.25) is 4.79 Å². The predicted octanol–water partition coefficient (Wildman–Crippen LogP) is 5.51. The lowest BCUT2D eigenvalue weighted by molar-refractivity contribution is -0.362. The Morgan fingerprint density at radius 2 is 1.78 bits per heavy atom. The summed E-state index contributed by atoms with van der Waals surface area (Å²) in [6, 6.07) is 0.176. The van der Waals surface area contributed by atoms with Crippen molar-refractivity contribution in [1.29, 1.82) is 0 Å². The molecule has 0 radical (unpaired) electrons. The maximum absolute atomic E-state index is 13.6. The Bertz CT molecular complexity index is 1180. The molecule has 11 nitrogen and oxygen atoms in total. The average molecular weight is 722 g/mol. The van der Waals surface area contributed by atoms with Crippen LogP contribution in [0, 0.1) is 17.8 Å². The van der Waals surface area contributed by atoms with Crippen LogP contribution in [0.3, 0.4) is 0 Å². The fraction of sp³-hybridized carbons (Fsp3) is 0.725. The molecular formula is C40H67NO10. The third-order valence-electron chi connectivity index (χ3n) is 10.1. The van der Waals surface area contributed by atoms with Crippen LogP contribution in [0.1, 0.15) is 87.5 Å². The van der Waals surface area contributed by atoms with Gasteiger partial charge in [-0.1, -0.05) is 77.2 Å². The third kappa shape index (κ3) is 13.3. The first-order valence-corrected chi connectivity index (χ1v) is 18.7. The maximum atomic E-state index is 13.6. The summed E-state index contributed by atoms with van der Waals surface area (Å²) in [7, 11) is 2.58. The van der Waals surface area contributed by atoms with Crippen molar-refractivity contribution in [2.24, 2.45) is 17.8 Å². The summed E-state index contributed by atoms with van der Waals surface area (Å²) in [6.07, 6.45) is 15.1. The van der Waals surface area contributed by atoms with E-state index in [2.05, 4.69) is 30.5 Å². The van der Waals surface area contributed by atoms with Gasteiger partial charge in [0.15, 0.2) is 6.29 Å². The number of aliphatic hydroxyl groups is 3. The van der Waals surface area contributed by atoms with E-state index >= 15 is 0 Å². The zero-order chi connectivity index (χ0) is 38.1. The van der Waals surface area contributed by atoms with Crippen molar-refractivity contribution in [2.45, 2.75) is 142 Å². The summed E-state index contributed by atoms with van der Waals surface area (Å²) >= 11 is 0. The van der Waals surface area contributed by atoms with E-state index in [1.165, 1.54) is 5.57 Å². The Balaban J connectivity index is 0.00000217. The average Bonchev–Trinajstić information content (AvgIpc) is 3.35. The quantitative estimate of drug-likeness (QED) is 0.247. The molecule has 2 saturated heterocycles. The molecule has 11 heteroatoms. The smallest absolute Gasteiger partial charge is 0.161 e. The molecule has 51 heavy (non-hydrogen) atoms. The van der Waals surface area contributed by atoms with E-state index in [-0.39, 0.29) is 36.9 Å². The summed E-state index contributed by atoms with van der Waals surface area (Å²) in [5.41, 5.74) is 1.53. The van der Waals surface area contributed by atoms with Crippen molar-refractivity contribution in [3.63, 3.8) is 0 Å². The minimum atomic E-state index is -1.10. The minimum Gasteiger partial charge on any atom is -0.400 e. The molecule has 4 N–H and O–H groups in total. The van der Waals surface area contributed by atoms with Gasteiger partial charge in [0, 0.05) is 38.7 Å². The van der Waals surface area contributed by atoms with Gasteiger partial charge in [-0.15, -0.1) is 0 Å². The number of methoxy groups -OCH3 is 1. The molecule has 0 spiro atoms. The zero-order valence-electron chi connectivity index (χ0n) is 32.6. The summed E-state index contributed by atoms with van der Waals surface area (Å²) in [6.45, 7) is 15.5. The lowest BCUT2D eigenvalue weighted by Gasteiger charge is -2.45. The molecular weight excluding hydrogens is 654 g/mol. The molecule has 3 aliphatic heterocycles. The molecule has 2 fully saturated rings. The SMILES string of the molecule is CC.CO.CO[C@]1(C)C[C@H](O[C@H]2CC[C@@H](C)C[C@@H](C)C(=O)C(C)C(OC/C=C/C3=CNC4C=CC=CC4=CC3)C(O)COOC2C)OC(C)[C@@H]1O. The van der Waals surface area contributed by atoms with E-state index in [0.717, 1.165) is 25.5 Å². The molecule has 0 amide bonds. The molecule has 292 valence electrons. The van der Waals surface area contributed by atoms with E-state index in [0.29, 0.717) is 19.3 Å². The van der Waals surface area contributed by atoms with E-state index < -0.39 is 54.4 Å². The van der Waals surface area contributed by atoms with Crippen molar-refractivity contribution >= 4 is 5.78 Å². The second-order valence-electron chi connectivity index (χ2n) is 14.0. The number of carbonyl (C=O) groups is 1. The first-order chi connectivity index (χ1) is 24.4. The van der Waals surface area contributed by atoms with Crippen LogP contribution in [-0.2, 0) is 33.5 Å². The number of fused-ring (bicyclic) bond motifs is 1. The fourth-order valence-electron chi connectivity index (χ4n) is 6.94. The first-order valence-electron chi connectivity index (χ1n) is 18.7. The zero-order valence-corrected chi connectivity index (χ0v) is 32.6. The monoisotopic (exact) mass is 721 g/mol. The number of allylic oxidation sites excluding steroid dienone is 5. The predicted molar refractivity (Wildman–Crippen MR) is 198 cm³/mol. The van der Waals surface area contributed by atoms with Crippen LogP contribution in [0.2, 0.25) is 0 Å². The number of hydrogen-bond acceptors (Lipinski definition) is 11. The second kappa shape index (κ2) is 22.8. The number of aliphatic hydroxyl groups excluding tert-OH is 3. The van der Waals surface area contributed by atoms with Crippen molar-refractivity contribution in [3.05, 3.63) is 59.9 Å². The Hall–Kier alpha value is -2.19. The molecule has 4 aliphatic rings. The van der Waals surface area contributed by atoms with E-state index in [1.54, 1.807) is 14.0 Å². The molecule has 12 atom stereocenters. The molecule has 4 rings (SSSR count). The van der Waals surface area contributed by atoms with Crippen molar-refractivity contribution < 1.29 is 48.8 Å². The molecule has 0 aromatic carbocycles. The number of Topliss-reactive ketones (excluding diaryl/α,β-unsaturated/α-hetero) is 1. The van der Waals surface area contributed by atoms with Gasteiger partial charge in [-0.25, -0.2) is 9.78 Å². The summed E-state index contributed by atoms with van der Waals surface area (Å²) in [5, 5.41) is 32.3. The van der Waals surface area contributed by atoms with Gasteiger partial charge in [-0.2, -0.15) is 0 Å². The lowest BCUT2D eigenvalue weighted by atomic mass is 9.83. The van der Waals surface area contributed by atoms with Gasteiger partial charge in [-0.05, 0) is 63.5 Å². The highest BCUT2D eigenvalue weighted by molar-refractivity contribution is 5.83. The maximum Gasteiger partial charge on any atom is 0.161 e. The summed E-state index contributed by atoms with van der Waals surface area (Å²) < 4.78 is 24.3. The number of carbonyl (C=O) groups excluding carboxylic acids is 1. The van der Waals surface area contributed by atoms with Gasteiger partial charge >= 0.3 is 0 Å². The number of ether oxygens (including phenoxy) is 4. The summed E-state index contributed by atoms with van der Waals surface area (Å²) in [4.78, 5) is 24.9. The Kier molecular flexibility index (Phi) is 20.1. The topological polar surface area (TPSA) is 145 Å². The van der Waals surface area contributed by atoms with Crippen LogP contribution in [0.15, 0.2) is 59.9 Å². The Labute approximate surface area is 306 Å². The number of ketones is 1. The minimum absolute atomic E-state index is 0.0528. The molecule has 0 aromatic heterocycles. The van der Waals surface area contributed by atoms with E-state index in [9.17, 15) is 15.0 Å². The molecule has 0 saturated carbocycles. The highest BCUT2D eigenvalue weighted by Gasteiger charge is 2.46. The molecule has 6 unspecified atom stereocenters. The van der Waals surface area contributed by atoms with Crippen LogP contribution in [0.4, 0.5) is 0 Å². The molecule has 1 aliphatic carbocycles. The second-order valence-corrected chi connectivity index (χ2v) is 14.0. The highest BCUT2D eigenvalue weighted by atomic mass is 17.2. The van der Waals surface area contributed by atoms with Gasteiger partial charge in [0.1, 0.15) is 30.7 Å². The first kappa shape index (κ1) is 45.0. The van der Waals surface area contributed by atoms with Gasteiger partial charge in [0.25, 0.3) is 0 Å². The highest BCUT2D eigenvalue weighted by Crippen LogP contribution is 2.34. The summed E-state index contributed by atoms with van der Waals surface area (Å²) in [5.74, 6) is -0.461. The molecule has 0 bridgehead atoms. The van der Waals surface area contributed by atoms with Crippen LogP contribution < -0.4 is 5.32 Å². The standard InChI is InChI=1S/C37H57NO9.C2H6.CH4O/c1-23-14-17-32(46-33-20-37(6,42-7)36(41)27(5)45-33)26(4)47-44-22-31(39)35(25(3)34(40)24(2)19-23)43-18-10-11-28-15-16-29-12-8-9-13-30(29)38-21-28;2*1-2/h8-13,16,21,23-27,30-33,35-36,38-39,41H,14-15,17-20,22H2,1-7H3;1-2H3;2H,1H3/b11-10+;;/t23-,24-,25?,26?,27?,30?,31?,32+,33+,35?,36+,37-;;/m1../s1. The van der Waals surface area contributed by atoms with Gasteiger partial charge in [0.05, 0.1) is 36.6 Å². The van der Waals surface area contributed by atoms with E-state index in [4.69, 9.17) is 33.8 Å². The van der Waals surface area contributed by atoms with Gasteiger partial charge in [0.2, 0.25) is 0 Å². The molecule has 0 aromatic rings. The largest absolute Gasteiger partial charge is 0.400 e. The molecule has 3 heterocycles. The van der Waals surface area contributed by atoms with Crippen LogP contribution >= 0.6 is 0 Å². The normalized spacial score (nSPS) is 38.0. The van der Waals surface area contributed by atoms with Gasteiger partial charge < -0.3 is 39.6 Å². The van der Waals surface area contributed by atoms with E-state index in [1.807, 2.05) is 72.0 Å². The fourth-order valence-corrected chi connectivity index (χ4v) is 6.94. The Morgan fingerprint density at radius 1 is 1.06 bits per heavy atom. The van der Waals surface area contributed by atoms with Crippen LogP contribution in [0.5, 0.6) is 0 Å². The number of nitrogens with one attached hydrogen (secondary N) is 1. The number of hydrogen-bond donors (Lipinski definition) is 4. The van der Waals surface area contributed by atoms with Crippen molar-refractivity contribution in [3.8, 4) is 0 Å². The Morgan fingerprint density at radius 3 is 2.49 bits per heavy atom. The third-order valence-corrected chi connectivity index (χ3v) is 10.1. The lowest BCUT2D eigenvalue weighted by Crippen LogP contribution is -2.57. The number of rotatable bonds is 7.